The topological polar surface area (TPSA) is 82.6 Å². The molecule has 0 aliphatic carbocycles. The Morgan fingerprint density at radius 3 is 2.74 bits per heavy atom. The second-order valence-electron chi connectivity index (χ2n) is 8.15. The van der Waals surface area contributed by atoms with Crippen LogP contribution in [0.1, 0.15) is 55.2 Å². The number of nitrogens with zero attached hydrogens (tertiary/aromatic N) is 3. The number of benzene rings is 1. The van der Waals surface area contributed by atoms with Gasteiger partial charge in [0.2, 0.25) is 10.0 Å². The van der Waals surface area contributed by atoms with Crippen LogP contribution in [0.2, 0.25) is 0 Å². The molecular formula is C22H32N4O3S2. The second-order valence-corrected chi connectivity index (χ2v) is 10.9. The zero-order chi connectivity index (χ0) is 22.6. The van der Waals surface area contributed by atoms with Crippen LogP contribution in [0.3, 0.4) is 0 Å². The van der Waals surface area contributed by atoms with Crippen LogP contribution >= 0.6 is 11.3 Å². The monoisotopic (exact) mass is 464 g/mol. The van der Waals surface area contributed by atoms with Gasteiger partial charge >= 0.3 is 0 Å². The van der Waals surface area contributed by atoms with Crippen molar-refractivity contribution in [1.29, 1.82) is 0 Å². The molecule has 1 aliphatic rings. The van der Waals surface area contributed by atoms with Gasteiger partial charge in [0, 0.05) is 37.1 Å². The van der Waals surface area contributed by atoms with E-state index in [2.05, 4.69) is 22.1 Å². The van der Waals surface area contributed by atoms with E-state index in [1.165, 1.54) is 34.6 Å². The maximum absolute atomic E-state index is 12.9. The fourth-order valence-corrected chi connectivity index (χ4v) is 6.39. The van der Waals surface area contributed by atoms with Crippen LogP contribution in [0.4, 0.5) is 5.13 Å². The van der Waals surface area contributed by atoms with E-state index in [4.69, 9.17) is 0 Å². The first-order valence-corrected chi connectivity index (χ1v) is 13.2. The molecule has 2 heterocycles. The first-order valence-electron chi connectivity index (χ1n) is 10.8. The molecule has 1 saturated heterocycles. The van der Waals surface area contributed by atoms with Crippen LogP contribution in [-0.4, -0.2) is 54.7 Å². The van der Waals surface area contributed by atoms with Gasteiger partial charge in [-0.2, -0.15) is 4.31 Å². The van der Waals surface area contributed by atoms with Gasteiger partial charge in [-0.05, 0) is 49.9 Å². The molecule has 1 fully saturated rings. The number of aromatic nitrogens is 1. The number of hydrogen-bond acceptors (Lipinski definition) is 6. The highest BCUT2D eigenvalue weighted by Gasteiger charge is 2.25. The summed E-state index contributed by atoms with van der Waals surface area (Å²) < 4.78 is 27.3. The Morgan fingerprint density at radius 2 is 2.06 bits per heavy atom. The first kappa shape index (κ1) is 23.8. The quantitative estimate of drug-likeness (QED) is 0.639. The van der Waals surface area contributed by atoms with Crippen molar-refractivity contribution in [1.82, 2.24) is 14.2 Å². The van der Waals surface area contributed by atoms with E-state index in [0.29, 0.717) is 35.3 Å². The van der Waals surface area contributed by atoms with Crippen LogP contribution in [0.15, 0.2) is 28.5 Å². The molecule has 170 valence electrons. The second kappa shape index (κ2) is 10.2. The number of rotatable bonds is 8. The molecule has 0 unspecified atom stereocenters. The highest BCUT2D eigenvalue weighted by molar-refractivity contribution is 7.89. The molecule has 2 aromatic rings. The summed E-state index contributed by atoms with van der Waals surface area (Å²) in [5, 5.41) is 5.32. The Bertz CT molecular complexity index is 1020. The molecule has 1 aliphatic heterocycles. The minimum Gasteiger partial charge on any atom is -0.298 e. The van der Waals surface area contributed by atoms with Gasteiger partial charge in [-0.3, -0.25) is 15.0 Å². The molecule has 1 amide bonds. The number of hydrogen-bond donors (Lipinski definition) is 1. The smallest absolute Gasteiger partial charge is 0.257 e. The minimum absolute atomic E-state index is 0.169. The van der Waals surface area contributed by atoms with E-state index in [1.54, 1.807) is 32.9 Å². The molecule has 31 heavy (non-hydrogen) atoms. The Kier molecular flexibility index (Phi) is 7.85. The Hall–Kier alpha value is -1.81. The van der Waals surface area contributed by atoms with Crippen molar-refractivity contribution in [2.24, 2.45) is 5.92 Å². The third kappa shape index (κ3) is 5.71. The lowest BCUT2D eigenvalue weighted by Crippen LogP contribution is -2.33. The summed E-state index contributed by atoms with van der Waals surface area (Å²) in [6, 6.07) is 4.79. The average molecular weight is 465 g/mol. The van der Waals surface area contributed by atoms with Crippen molar-refractivity contribution in [3.63, 3.8) is 0 Å². The molecule has 0 saturated carbocycles. The predicted octanol–water partition coefficient (Wildman–Crippen LogP) is 3.97. The molecule has 3 rings (SSSR count). The number of nitrogens with one attached hydrogen (secondary N) is 1. The fraction of sp³-hybridized carbons (Fsp3) is 0.545. The summed E-state index contributed by atoms with van der Waals surface area (Å²) in [4.78, 5) is 19.9. The number of anilines is 1. The lowest BCUT2D eigenvalue weighted by molar-refractivity contribution is 0.102. The van der Waals surface area contributed by atoms with E-state index in [9.17, 15) is 13.2 Å². The van der Waals surface area contributed by atoms with Crippen molar-refractivity contribution in [3.8, 4) is 0 Å². The SMILES string of the molecule is CCN(CC)S(=O)(=O)c1cc(C(=O)Nc2nc(CN3CCC[C@@H](C)C3)cs2)ccc1C. The van der Waals surface area contributed by atoms with E-state index in [1.807, 2.05) is 5.38 Å². The third-order valence-electron chi connectivity index (χ3n) is 5.67. The Balaban J connectivity index is 1.72. The van der Waals surface area contributed by atoms with Crippen molar-refractivity contribution in [3.05, 3.63) is 40.4 Å². The van der Waals surface area contributed by atoms with Gasteiger partial charge in [0.1, 0.15) is 0 Å². The van der Waals surface area contributed by atoms with Gasteiger partial charge in [0.15, 0.2) is 5.13 Å². The summed E-state index contributed by atoms with van der Waals surface area (Å²) in [6.07, 6.45) is 2.48. The average Bonchev–Trinajstić information content (AvgIpc) is 3.15. The number of thiazole rings is 1. The lowest BCUT2D eigenvalue weighted by Gasteiger charge is -2.30. The number of aryl methyl sites for hydroxylation is 1. The van der Waals surface area contributed by atoms with Gasteiger partial charge in [-0.25, -0.2) is 13.4 Å². The van der Waals surface area contributed by atoms with Crippen LogP contribution in [0.5, 0.6) is 0 Å². The van der Waals surface area contributed by atoms with Crippen molar-refractivity contribution < 1.29 is 13.2 Å². The fourth-order valence-electron chi connectivity index (χ4n) is 3.99. The number of likely N-dealkylation sites (tertiary alicyclic amines) is 1. The summed E-state index contributed by atoms with van der Waals surface area (Å²) in [5.41, 5.74) is 1.87. The largest absolute Gasteiger partial charge is 0.298 e. The van der Waals surface area contributed by atoms with Gasteiger partial charge in [0.05, 0.1) is 10.6 Å². The molecular weight excluding hydrogens is 432 g/mol. The summed E-state index contributed by atoms with van der Waals surface area (Å²) in [7, 11) is -3.64. The molecule has 1 aromatic heterocycles. The van der Waals surface area contributed by atoms with E-state index in [0.717, 1.165) is 25.3 Å². The molecule has 0 bridgehead atoms. The van der Waals surface area contributed by atoms with Crippen molar-refractivity contribution in [2.75, 3.05) is 31.5 Å². The lowest BCUT2D eigenvalue weighted by atomic mass is 10.0. The molecule has 7 nitrogen and oxygen atoms in total. The van der Waals surface area contributed by atoms with Crippen molar-refractivity contribution in [2.45, 2.75) is 52.0 Å². The van der Waals surface area contributed by atoms with Gasteiger partial charge in [-0.15, -0.1) is 11.3 Å². The van der Waals surface area contributed by atoms with Crippen LogP contribution < -0.4 is 5.32 Å². The number of amides is 1. The van der Waals surface area contributed by atoms with Crippen LogP contribution in [0.25, 0.3) is 0 Å². The Morgan fingerprint density at radius 1 is 1.32 bits per heavy atom. The highest BCUT2D eigenvalue weighted by Crippen LogP contribution is 2.24. The molecule has 1 atom stereocenters. The molecule has 0 radical (unpaired) electrons. The molecule has 9 heteroatoms. The van der Waals surface area contributed by atoms with Crippen molar-refractivity contribution >= 4 is 32.4 Å². The van der Waals surface area contributed by atoms with Gasteiger partial charge in [-0.1, -0.05) is 26.8 Å². The zero-order valence-electron chi connectivity index (χ0n) is 18.7. The van der Waals surface area contributed by atoms with Crippen LogP contribution in [-0.2, 0) is 16.6 Å². The zero-order valence-corrected chi connectivity index (χ0v) is 20.4. The summed E-state index contributed by atoms with van der Waals surface area (Å²) >= 11 is 1.39. The van der Waals surface area contributed by atoms with Crippen LogP contribution in [0, 0.1) is 12.8 Å². The molecule has 0 spiro atoms. The number of piperidine rings is 1. The first-order chi connectivity index (χ1) is 14.7. The van der Waals surface area contributed by atoms with E-state index < -0.39 is 10.0 Å². The predicted molar refractivity (Wildman–Crippen MR) is 125 cm³/mol. The summed E-state index contributed by atoms with van der Waals surface area (Å²) in [5.74, 6) is 0.346. The molecule has 1 N–H and O–H groups in total. The van der Waals surface area contributed by atoms with Gasteiger partial charge < -0.3 is 0 Å². The highest BCUT2D eigenvalue weighted by atomic mass is 32.2. The third-order valence-corrected chi connectivity index (χ3v) is 8.67. The minimum atomic E-state index is -3.64. The normalized spacial score (nSPS) is 17.8. The maximum Gasteiger partial charge on any atom is 0.257 e. The molecule has 1 aromatic carbocycles. The standard InChI is InChI=1S/C22H32N4O3S2/c1-5-26(6-2)31(28,29)20-12-18(10-9-17(20)4)21(27)24-22-23-19(15-30-22)14-25-11-7-8-16(3)13-25/h9-10,12,15-16H,5-8,11,13-14H2,1-4H3,(H,23,24,27)/t16-/m1/s1. The number of sulfonamides is 1. The number of carbonyl (C=O) groups excluding carboxylic acids is 1. The number of carbonyl (C=O) groups is 1. The summed E-state index contributed by atoms with van der Waals surface area (Å²) in [6.45, 7) is 11.3. The van der Waals surface area contributed by atoms with E-state index in [-0.39, 0.29) is 10.8 Å². The Labute approximate surface area is 189 Å². The van der Waals surface area contributed by atoms with E-state index >= 15 is 0 Å². The van der Waals surface area contributed by atoms with Gasteiger partial charge in [0.25, 0.3) is 5.91 Å². The maximum atomic E-state index is 12.9.